The lowest BCUT2D eigenvalue weighted by atomic mass is 9.78. The highest BCUT2D eigenvalue weighted by molar-refractivity contribution is 4.92. The number of nitrogens with zero attached hydrogens (tertiary/aromatic N) is 1. The number of hydrogen-bond donors (Lipinski definition) is 2. The van der Waals surface area contributed by atoms with E-state index >= 15 is 0 Å². The molecular formula is C15H28N2O. The molecule has 3 rings (SSSR count). The van der Waals surface area contributed by atoms with Gasteiger partial charge in [0.15, 0.2) is 0 Å². The van der Waals surface area contributed by atoms with Crippen molar-refractivity contribution in [3.05, 3.63) is 0 Å². The van der Waals surface area contributed by atoms with Gasteiger partial charge in [0.1, 0.15) is 0 Å². The van der Waals surface area contributed by atoms with Gasteiger partial charge in [-0.25, -0.2) is 0 Å². The monoisotopic (exact) mass is 252 g/mol. The van der Waals surface area contributed by atoms with Crippen LogP contribution in [-0.4, -0.2) is 41.3 Å². The Labute approximate surface area is 111 Å². The topological polar surface area (TPSA) is 49.5 Å². The first-order chi connectivity index (χ1) is 8.61. The van der Waals surface area contributed by atoms with Crippen LogP contribution in [0.4, 0.5) is 0 Å². The molecule has 0 aromatic heterocycles. The molecule has 3 atom stereocenters. The zero-order valence-corrected chi connectivity index (χ0v) is 11.6. The van der Waals surface area contributed by atoms with E-state index in [9.17, 15) is 5.11 Å². The van der Waals surface area contributed by atoms with Crippen molar-refractivity contribution >= 4 is 0 Å². The standard InChI is InChI=1S/C15H28N2O/c1-10-4-14(5-10)17-8-11(6-13(16)9-17)7-15(18)12-2-3-12/h10-15,18H,2-9,16H2,1H3. The van der Waals surface area contributed by atoms with E-state index in [0.29, 0.717) is 17.9 Å². The van der Waals surface area contributed by atoms with E-state index in [-0.39, 0.29) is 6.10 Å². The van der Waals surface area contributed by atoms with Gasteiger partial charge in [-0.1, -0.05) is 6.92 Å². The Morgan fingerprint density at radius 3 is 2.56 bits per heavy atom. The number of hydrogen-bond acceptors (Lipinski definition) is 3. The van der Waals surface area contributed by atoms with Crippen molar-refractivity contribution in [2.75, 3.05) is 13.1 Å². The zero-order valence-electron chi connectivity index (χ0n) is 11.6. The van der Waals surface area contributed by atoms with Crippen molar-refractivity contribution in [1.29, 1.82) is 0 Å². The van der Waals surface area contributed by atoms with E-state index in [1.165, 1.54) is 32.2 Å². The van der Waals surface area contributed by atoms with E-state index < -0.39 is 0 Å². The first kappa shape index (κ1) is 12.9. The van der Waals surface area contributed by atoms with Crippen molar-refractivity contribution in [2.24, 2.45) is 23.5 Å². The lowest BCUT2D eigenvalue weighted by Crippen LogP contribution is -2.54. The van der Waals surface area contributed by atoms with Crippen LogP contribution in [0.15, 0.2) is 0 Å². The van der Waals surface area contributed by atoms with Gasteiger partial charge >= 0.3 is 0 Å². The van der Waals surface area contributed by atoms with Crippen molar-refractivity contribution in [3.63, 3.8) is 0 Å². The van der Waals surface area contributed by atoms with Crippen LogP contribution in [0, 0.1) is 17.8 Å². The van der Waals surface area contributed by atoms with Crippen LogP contribution >= 0.6 is 0 Å². The summed E-state index contributed by atoms with van der Waals surface area (Å²) in [6.45, 7) is 4.59. The largest absolute Gasteiger partial charge is 0.393 e. The minimum Gasteiger partial charge on any atom is -0.393 e. The van der Waals surface area contributed by atoms with Gasteiger partial charge in [-0.3, -0.25) is 4.90 Å². The summed E-state index contributed by atoms with van der Waals surface area (Å²) in [7, 11) is 0. The fourth-order valence-corrected chi connectivity index (χ4v) is 3.93. The fourth-order valence-electron chi connectivity index (χ4n) is 3.93. The van der Waals surface area contributed by atoms with Crippen molar-refractivity contribution in [3.8, 4) is 0 Å². The van der Waals surface area contributed by atoms with Gasteiger partial charge in [0.25, 0.3) is 0 Å². The predicted molar refractivity (Wildman–Crippen MR) is 73.2 cm³/mol. The third-order valence-electron chi connectivity index (χ3n) is 5.20. The van der Waals surface area contributed by atoms with Gasteiger partial charge in [-0.15, -0.1) is 0 Å². The first-order valence-corrected chi connectivity index (χ1v) is 7.79. The summed E-state index contributed by atoms with van der Waals surface area (Å²) in [4.78, 5) is 2.61. The highest BCUT2D eigenvalue weighted by Gasteiger charge is 2.38. The summed E-state index contributed by atoms with van der Waals surface area (Å²) in [5.41, 5.74) is 6.21. The summed E-state index contributed by atoms with van der Waals surface area (Å²) >= 11 is 0. The summed E-state index contributed by atoms with van der Waals surface area (Å²) in [6.07, 6.45) is 7.23. The first-order valence-electron chi connectivity index (χ1n) is 7.79. The second-order valence-corrected chi connectivity index (χ2v) is 7.19. The molecule has 0 amide bonds. The molecule has 0 aromatic carbocycles. The predicted octanol–water partition coefficient (Wildman–Crippen LogP) is 1.60. The molecule has 1 aliphatic heterocycles. The van der Waals surface area contributed by atoms with Gasteiger partial charge in [-0.05, 0) is 56.3 Å². The van der Waals surface area contributed by atoms with Crippen LogP contribution < -0.4 is 5.73 Å². The molecule has 3 heteroatoms. The van der Waals surface area contributed by atoms with E-state index in [0.717, 1.165) is 31.3 Å². The van der Waals surface area contributed by atoms with Crippen molar-refractivity contribution in [2.45, 2.75) is 63.6 Å². The number of rotatable bonds is 4. The third-order valence-corrected chi connectivity index (χ3v) is 5.20. The molecule has 3 unspecified atom stereocenters. The molecule has 2 aliphatic carbocycles. The van der Waals surface area contributed by atoms with Gasteiger partial charge in [0.2, 0.25) is 0 Å². The molecule has 3 nitrogen and oxygen atoms in total. The van der Waals surface area contributed by atoms with Crippen LogP contribution in [0.25, 0.3) is 0 Å². The molecule has 0 radical (unpaired) electrons. The van der Waals surface area contributed by atoms with Gasteiger partial charge in [0.05, 0.1) is 6.10 Å². The number of likely N-dealkylation sites (tertiary alicyclic amines) is 1. The molecule has 0 spiro atoms. The molecule has 3 N–H and O–H groups in total. The number of piperidine rings is 1. The van der Waals surface area contributed by atoms with E-state index in [4.69, 9.17) is 5.73 Å². The Balaban J connectivity index is 1.51. The minimum absolute atomic E-state index is 0.0533. The zero-order chi connectivity index (χ0) is 12.7. The lowest BCUT2D eigenvalue weighted by Gasteiger charge is -2.47. The summed E-state index contributed by atoms with van der Waals surface area (Å²) < 4.78 is 0. The molecule has 0 bridgehead atoms. The Kier molecular flexibility index (Phi) is 3.65. The second-order valence-electron chi connectivity index (χ2n) is 7.19. The SMILES string of the molecule is CC1CC(N2CC(N)CC(CC(O)C3CC3)C2)C1. The van der Waals surface area contributed by atoms with Crippen LogP contribution in [0.1, 0.15) is 45.4 Å². The Morgan fingerprint density at radius 2 is 1.94 bits per heavy atom. The lowest BCUT2D eigenvalue weighted by molar-refractivity contribution is 0.0222. The van der Waals surface area contributed by atoms with E-state index in [1.807, 2.05) is 0 Å². The van der Waals surface area contributed by atoms with Crippen molar-refractivity contribution in [1.82, 2.24) is 4.90 Å². The maximum absolute atomic E-state index is 10.1. The normalized spacial score (nSPS) is 43.5. The average molecular weight is 252 g/mol. The Morgan fingerprint density at radius 1 is 1.22 bits per heavy atom. The third kappa shape index (κ3) is 2.89. The number of aliphatic hydroxyl groups is 1. The molecule has 18 heavy (non-hydrogen) atoms. The van der Waals surface area contributed by atoms with E-state index in [1.54, 1.807) is 0 Å². The molecule has 0 aromatic rings. The second kappa shape index (κ2) is 5.10. The smallest absolute Gasteiger partial charge is 0.0571 e. The Hall–Kier alpha value is -0.120. The highest BCUT2D eigenvalue weighted by atomic mass is 16.3. The van der Waals surface area contributed by atoms with Gasteiger partial charge in [0, 0.05) is 25.2 Å². The molecule has 104 valence electrons. The maximum Gasteiger partial charge on any atom is 0.0571 e. The molecule has 1 saturated heterocycles. The van der Waals surface area contributed by atoms with Gasteiger partial charge in [-0.2, -0.15) is 0 Å². The van der Waals surface area contributed by atoms with Crippen LogP contribution in [-0.2, 0) is 0 Å². The molecule has 2 saturated carbocycles. The maximum atomic E-state index is 10.1. The minimum atomic E-state index is -0.0533. The molecule has 1 heterocycles. The van der Waals surface area contributed by atoms with Crippen LogP contribution in [0.2, 0.25) is 0 Å². The van der Waals surface area contributed by atoms with Gasteiger partial charge < -0.3 is 10.8 Å². The summed E-state index contributed by atoms with van der Waals surface area (Å²) in [5, 5.41) is 10.1. The fraction of sp³-hybridized carbons (Fsp3) is 1.00. The number of nitrogens with two attached hydrogens (primary N) is 1. The summed E-state index contributed by atoms with van der Waals surface area (Å²) in [6, 6.07) is 1.11. The quantitative estimate of drug-likeness (QED) is 0.799. The average Bonchev–Trinajstić information content (AvgIpc) is 3.07. The Bertz CT molecular complexity index is 286. The molecule has 3 aliphatic rings. The highest BCUT2D eigenvalue weighted by Crippen LogP contribution is 2.38. The molecule has 3 fully saturated rings. The van der Waals surface area contributed by atoms with Crippen LogP contribution in [0.3, 0.4) is 0 Å². The molecular weight excluding hydrogens is 224 g/mol. The van der Waals surface area contributed by atoms with Crippen LogP contribution in [0.5, 0.6) is 0 Å². The summed E-state index contributed by atoms with van der Waals surface area (Å²) in [5.74, 6) is 2.14. The van der Waals surface area contributed by atoms with E-state index in [2.05, 4.69) is 11.8 Å². The number of aliphatic hydroxyl groups excluding tert-OH is 1. The van der Waals surface area contributed by atoms with Crippen molar-refractivity contribution < 1.29 is 5.11 Å².